The zero-order chi connectivity index (χ0) is 20.0. The minimum atomic E-state index is -0.583. The Morgan fingerprint density at radius 1 is 1.07 bits per heavy atom. The predicted octanol–water partition coefficient (Wildman–Crippen LogP) is 4.40. The Bertz CT molecular complexity index is 824. The first kappa shape index (κ1) is 21.3. The minimum absolute atomic E-state index is 0.145. The number of carbonyl (C=O) groups excluding carboxylic acids is 2. The van der Waals surface area contributed by atoms with Crippen molar-refractivity contribution in [1.82, 2.24) is 10.2 Å². The average molecular weight is 407 g/mol. The first-order valence-corrected chi connectivity index (χ1v) is 9.64. The molecule has 27 heavy (non-hydrogen) atoms. The summed E-state index contributed by atoms with van der Waals surface area (Å²) in [5, 5.41) is 3.64. The molecule has 0 unspecified atom stereocenters. The van der Waals surface area contributed by atoms with Gasteiger partial charge in [-0.25, -0.2) is 0 Å². The molecule has 0 fully saturated rings. The van der Waals surface area contributed by atoms with Crippen LogP contribution in [-0.4, -0.2) is 29.3 Å². The number of benzene rings is 2. The summed E-state index contributed by atoms with van der Waals surface area (Å²) in [5.41, 5.74) is 2.84. The largest absolute Gasteiger partial charge is 0.355 e. The summed E-state index contributed by atoms with van der Waals surface area (Å²) < 4.78 is 0. The quantitative estimate of drug-likeness (QED) is 0.740. The second-order valence-corrected chi connectivity index (χ2v) is 7.32. The Kier molecular flexibility index (Phi) is 7.69. The van der Waals surface area contributed by atoms with E-state index in [2.05, 4.69) is 5.32 Å². The standard InChI is InChI=1S/C21H24Cl2N2O2/c1-4-24-21(27)15(3)25(13-17-7-5-6-14(2)10-17)20(26)12-16-8-9-18(22)19(23)11-16/h5-11,15H,4,12-13H2,1-3H3,(H,24,27)/t15-/m0/s1. The van der Waals surface area contributed by atoms with Crippen molar-refractivity contribution >= 4 is 35.0 Å². The molecule has 0 aliphatic rings. The molecular formula is C21H24Cl2N2O2. The number of carbonyl (C=O) groups is 2. The predicted molar refractivity (Wildman–Crippen MR) is 110 cm³/mol. The van der Waals surface area contributed by atoms with Gasteiger partial charge in [-0.2, -0.15) is 0 Å². The maximum absolute atomic E-state index is 13.0. The molecule has 6 heteroatoms. The molecule has 0 aromatic heterocycles. The molecule has 0 saturated heterocycles. The van der Waals surface area contributed by atoms with E-state index < -0.39 is 6.04 Å². The van der Waals surface area contributed by atoms with Gasteiger partial charge in [-0.1, -0.05) is 59.1 Å². The molecule has 0 bridgehead atoms. The van der Waals surface area contributed by atoms with E-state index in [1.165, 1.54) is 0 Å². The second kappa shape index (κ2) is 9.77. The smallest absolute Gasteiger partial charge is 0.242 e. The van der Waals surface area contributed by atoms with E-state index in [1.54, 1.807) is 30.0 Å². The number of nitrogens with zero attached hydrogens (tertiary/aromatic N) is 1. The van der Waals surface area contributed by atoms with Crippen LogP contribution in [0.5, 0.6) is 0 Å². The number of amides is 2. The Labute approximate surface area is 170 Å². The van der Waals surface area contributed by atoms with Crippen LogP contribution >= 0.6 is 23.2 Å². The first-order valence-electron chi connectivity index (χ1n) is 8.88. The van der Waals surface area contributed by atoms with Crippen molar-refractivity contribution in [3.8, 4) is 0 Å². The molecule has 2 aromatic carbocycles. The van der Waals surface area contributed by atoms with Gasteiger partial charge in [0.05, 0.1) is 16.5 Å². The molecule has 0 spiro atoms. The molecule has 2 aromatic rings. The lowest BCUT2D eigenvalue weighted by atomic mass is 10.1. The summed E-state index contributed by atoms with van der Waals surface area (Å²) in [4.78, 5) is 27.0. The van der Waals surface area contributed by atoms with Gasteiger partial charge in [-0.15, -0.1) is 0 Å². The van der Waals surface area contributed by atoms with Crippen molar-refractivity contribution in [2.45, 2.75) is 39.8 Å². The zero-order valence-corrected chi connectivity index (χ0v) is 17.3. The van der Waals surface area contributed by atoms with Gasteiger partial charge in [0.1, 0.15) is 6.04 Å². The van der Waals surface area contributed by atoms with E-state index in [0.717, 1.165) is 16.7 Å². The summed E-state index contributed by atoms with van der Waals surface area (Å²) >= 11 is 12.0. The molecule has 4 nitrogen and oxygen atoms in total. The highest BCUT2D eigenvalue weighted by atomic mass is 35.5. The van der Waals surface area contributed by atoms with Crippen molar-refractivity contribution in [3.63, 3.8) is 0 Å². The van der Waals surface area contributed by atoms with Crippen molar-refractivity contribution in [3.05, 3.63) is 69.2 Å². The molecular weight excluding hydrogens is 383 g/mol. The molecule has 0 heterocycles. The molecule has 0 aliphatic heterocycles. The summed E-state index contributed by atoms with van der Waals surface area (Å²) in [6.07, 6.45) is 0.145. The summed E-state index contributed by atoms with van der Waals surface area (Å²) in [7, 11) is 0. The average Bonchev–Trinajstić information content (AvgIpc) is 2.62. The number of hydrogen-bond acceptors (Lipinski definition) is 2. The van der Waals surface area contributed by atoms with Crippen LogP contribution in [-0.2, 0) is 22.6 Å². The van der Waals surface area contributed by atoms with E-state index in [0.29, 0.717) is 23.1 Å². The van der Waals surface area contributed by atoms with Crippen LogP contribution in [0.15, 0.2) is 42.5 Å². The number of likely N-dealkylation sites (N-methyl/N-ethyl adjacent to an activating group) is 1. The Balaban J connectivity index is 2.25. The maximum Gasteiger partial charge on any atom is 0.242 e. The molecule has 144 valence electrons. The van der Waals surface area contributed by atoms with Gasteiger partial charge in [0.25, 0.3) is 0 Å². The first-order chi connectivity index (χ1) is 12.8. The van der Waals surface area contributed by atoms with E-state index in [4.69, 9.17) is 23.2 Å². The van der Waals surface area contributed by atoms with E-state index >= 15 is 0 Å². The Morgan fingerprint density at radius 2 is 1.81 bits per heavy atom. The van der Waals surface area contributed by atoms with Crippen LogP contribution in [0.4, 0.5) is 0 Å². The molecule has 0 saturated carbocycles. The van der Waals surface area contributed by atoms with Crippen molar-refractivity contribution < 1.29 is 9.59 Å². The zero-order valence-electron chi connectivity index (χ0n) is 15.8. The van der Waals surface area contributed by atoms with E-state index in [1.807, 2.05) is 38.1 Å². The van der Waals surface area contributed by atoms with Gasteiger partial charge in [-0.05, 0) is 44.0 Å². The number of hydrogen-bond donors (Lipinski definition) is 1. The van der Waals surface area contributed by atoms with Gasteiger partial charge in [0, 0.05) is 13.1 Å². The fraction of sp³-hybridized carbons (Fsp3) is 0.333. The SMILES string of the molecule is CCNC(=O)[C@H](C)N(Cc1cccc(C)c1)C(=O)Cc1ccc(Cl)c(Cl)c1. The van der Waals surface area contributed by atoms with Crippen LogP contribution in [0.25, 0.3) is 0 Å². The normalized spacial score (nSPS) is 11.7. The fourth-order valence-electron chi connectivity index (χ4n) is 2.84. The highest BCUT2D eigenvalue weighted by Crippen LogP contribution is 2.23. The highest BCUT2D eigenvalue weighted by molar-refractivity contribution is 6.42. The van der Waals surface area contributed by atoms with Crippen molar-refractivity contribution in [1.29, 1.82) is 0 Å². The van der Waals surface area contributed by atoms with Gasteiger partial charge in [-0.3, -0.25) is 9.59 Å². The number of rotatable bonds is 7. The molecule has 1 N–H and O–H groups in total. The monoisotopic (exact) mass is 406 g/mol. The lowest BCUT2D eigenvalue weighted by Gasteiger charge is -2.29. The summed E-state index contributed by atoms with van der Waals surface area (Å²) in [5.74, 6) is -0.318. The van der Waals surface area contributed by atoms with E-state index in [-0.39, 0.29) is 18.2 Å². The fourth-order valence-corrected chi connectivity index (χ4v) is 3.16. The number of halogens is 2. The summed E-state index contributed by atoms with van der Waals surface area (Å²) in [6.45, 7) is 6.47. The summed E-state index contributed by atoms with van der Waals surface area (Å²) in [6, 6.07) is 12.5. The molecule has 2 amide bonds. The lowest BCUT2D eigenvalue weighted by Crippen LogP contribution is -2.48. The number of aryl methyl sites for hydroxylation is 1. The highest BCUT2D eigenvalue weighted by Gasteiger charge is 2.26. The van der Waals surface area contributed by atoms with Gasteiger partial charge in [0.15, 0.2) is 0 Å². The topological polar surface area (TPSA) is 49.4 Å². The Hall–Kier alpha value is -2.04. The Morgan fingerprint density at radius 3 is 2.44 bits per heavy atom. The van der Waals surface area contributed by atoms with Gasteiger partial charge >= 0.3 is 0 Å². The second-order valence-electron chi connectivity index (χ2n) is 6.51. The third-order valence-corrected chi connectivity index (χ3v) is 5.03. The minimum Gasteiger partial charge on any atom is -0.355 e. The van der Waals surface area contributed by atoms with E-state index in [9.17, 15) is 9.59 Å². The van der Waals surface area contributed by atoms with Crippen LogP contribution in [0.3, 0.4) is 0 Å². The third kappa shape index (κ3) is 5.98. The van der Waals surface area contributed by atoms with Gasteiger partial charge < -0.3 is 10.2 Å². The molecule has 2 rings (SSSR count). The number of nitrogens with one attached hydrogen (secondary N) is 1. The van der Waals surface area contributed by atoms with Crippen LogP contribution < -0.4 is 5.32 Å². The van der Waals surface area contributed by atoms with Crippen LogP contribution in [0.2, 0.25) is 10.0 Å². The lowest BCUT2D eigenvalue weighted by molar-refractivity contribution is -0.140. The van der Waals surface area contributed by atoms with Crippen molar-refractivity contribution in [2.24, 2.45) is 0 Å². The molecule has 0 radical (unpaired) electrons. The molecule has 1 atom stereocenters. The molecule has 0 aliphatic carbocycles. The third-order valence-electron chi connectivity index (χ3n) is 4.29. The van der Waals surface area contributed by atoms with Crippen LogP contribution in [0.1, 0.15) is 30.5 Å². The van der Waals surface area contributed by atoms with Crippen LogP contribution in [0, 0.1) is 6.92 Å². The van der Waals surface area contributed by atoms with Gasteiger partial charge in [0.2, 0.25) is 11.8 Å². The maximum atomic E-state index is 13.0. The van der Waals surface area contributed by atoms with Crippen molar-refractivity contribution in [2.75, 3.05) is 6.54 Å².